The van der Waals surface area contributed by atoms with E-state index in [1.165, 1.54) is 0 Å². The number of hydrogen-bond donors (Lipinski definition) is 2. The molecule has 0 spiro atoms. The van der Waals surface area contributed by atoms with Crippen molar-refractivity contribution in [3.63, 3.8) is 0 Å². The second kappa shape index (κ2) is 7.93. The predicted octanol–water partition coefficient (Wildman–Crippen LogP) is 2.99. The zero-order valence-electron chi connectivity index (χ0n) is 12.5. The van der Waals surface area contributed by atoms with E-state index in [0.717, 1.165) is 24.6 Å². The van der Waals surface area contributed by atoms with E-state index < -0.39 is 0 Å². The van der Waals surface area contributed by atoms with Gasteiger partial charge in [0.25, 0.3) is 0 Å². The van der Waals surface area contributed by atoms with Crippen molar-refractivity contribution in [2.75, 3.05) is 13.6 Å². The molecule has 5 heteroatoms. The summed E-state index contributed by atoms with van der Waals surface area (Å²) in [4.78, 5) is 4.24. The van der Waals surface area contributed by atoms with Gasteiger partial charge in [0.05, 0.1) is 6.54 Å². The summed E-state index contributed by atoms with van der Waals surface area (Å²) in [5.41, 5.74) is 0. The molecule has 2 N–H and O–H groups in total. The van der Waals surface area contributed by atoms with Crippen LogP contribution in [0.5, 0.6) is 5.75 Å². The fourth-order valence-corrected chi connectivity index (χ4v) is 2.28. The summed E-state index contributed by atoms with van der Waals surface area (Å²) in [5, 5.41) is 7.39. The summed E-state index contributed by atoms with van der Waals surface area (Å²) in [6, 6.07) is 7.84. The highest BCUT2D eigenvalue weighted by Crippen LogP contribution is 2.16. The minimum absolute atomic E-state index is 0.0337. The number of halogens is 1. The SMILES string of the molecule is CN=C(NCC(C)Oc1ccc(Cl)cc1)NC1CC=CC1. The summed E-state index contributed by atoms with van der Waals surface area (Å²) in [6.45, 7) is 2.70. The van der Waals surface area contributed by atoms with Crippen LogP contribution in [-0.4, -0.2) is 31.7 Å². The summed E-state index contributed by atoms with van der Waals surface area (Å²) in [5.74, 6) is 1.63. The lowest BCUT2D eigenvalue weighted by atomic mass is 10.2. The molecule has 0 aromatic heterocycles. The van der Waals surface area contributed by atoms with Crippen molar-refractivity contribution in [1.82, 2.24) is 10.6 Å². The van der Waals surface area contributed by atoms with Crippen molar-refractivity contribution in [1.29, 1.82) is 0 Å². The van der Waals surface area contributed by atoms with Crippen molar-refractivity contribution in [2.24, 2.45) is 4.99 Å². The van der Waals surface area contributed by atoms with Crippen molar-refractivity contribution in [2.45, 2.75) is 31.9 Å². The first-order valence-electron chi connectivity index (χ1n) is 7.22. The van der Waals surface area contributed by atoms with Gasteiger partial charge in [-0.15, -0.1) is 0 Å². The van der Waals surface area contributed by atoms with Crippen LogP contribution < -0.4 is 15.4 Å². The third kappa shape index (κ3) is 5.31. The molecule has 1 aliphatic rings. The molecule has 114 valence electrons. The minimum atomic E-state index is 0.0337. The van der Waals surface area contributed by atoms with Crippen LogP contribution in [0.15, 0.2) is 41.4 Å². The van der Waals surface area contributed by atoms with Gasteiger partial charge in [0, 0.05) is 18.1 Å². The zero-order chi connectivity index (χ0) is 15.1. The molecule has 0 heterocycles. The van der Waals surface area contributed by atoms with Gasteiger partial charge < -0.3 is 15.4 Å². The van der Waals surface area contributed by atoms with E-state index in [2.05, 4.69) is 27.8 Å². The molecular formula is C16H22ClN3O. The van der Waals surface area contributed by atoms with Crippen LogP contribution >= 0.6 is 11.6 Å². The summed E-state index contributed by atoms with van der Waals surface area (Å²) < 4.78 is 5.82. The third-order valence-electron chi connectivity index (χ3n) is 3.28. The van der Waals surface area contributed by atoms with Gasteiger partial charge in [-0.05, 0) is 44.0 Å². The first-order valence-corrected chi connectivity index (χ1v) is 7.59. The summed E-state index contributed by atoms with van der Waals surface area (Å²) >= 11 is 5.85. The highest BCUT2D eigenvalue weighted by Gasteiger charge is 2.12. The number of aliphatic imine (C=N–C) groups is 1. The first kappa shape index (κ1) is 15.7. The number of nitrogens with zero attached hydrogens (tertiary/aromatic N) is 1. The standard InChI is InChI=1S/C16H22ClN3O/c1-12(21-15-9-7-13(17)8-10-15)11-19-16(18-2)20-14-5-3-4-6-14/h3-4,7-10,12,14H,5-6,11H2,1-2H3,(H2,18,19,20). The number of nitrogens with one attached hydrogen (secondary N) is 2. The molecular weight excluding hydrogens is 286 g/mol. The molecule has 1 aromatic carbocycles. The van der Waals surface area contributed by atoms with E-state index in [0.29, 0.717) is 17.6 Å². The number of ether oxygens (including phenoxy) is 1. The number of guanidine groups is 1. The Kier molecular flexibility index (Phi) is 5.93. The van der Waals surface area contributed by atoms with Crippen molar-refractivity contribution in [3.05, 3.63) is 41.4 Å². The van der Waals surface area contributed by atoms with E-state index in [9.17, 15) is 0 Å². The topological polar surface area (TPSA) is 45.7 Å². The Labute approximate surface area is 131 Å². The smallest absolute Gasteiger partial charge is 0.191 e. The Balaban J connectivity index is 1.74. The second-order valence-electron chi connectivity index (χ2n) is 5.12. The van der Waals surface area contributed by atoms with Gasteiger partial charge in [-0.25, -0.2) is 0 Å². The number of benzene rings is 1. The van der Waals surface area contributed by atoms with Gasteiger partial charge in [0.2, 0.25) is 0 Å². The van der Waals surface area contributed by atoms with Crippen LogP contribution in [-0.2, 0) is 0 Å². The molecule has 0 saturated heterocycles. The zero-order valence-corrected chi connectivity index (χ0v) is 13.2. The largest absolute Gasteiger partial charge is 0.489 e. The molecule has 2 rings (SSSR count). The maximum absolute atomic E-state index is 5.85. The van der Waals surface area contributed by atoms with Crippen LogP contribution in [0.2, 0.25) is 5.02 Å². The van der Waals surface area contributed by atoms with Crippen LogP contribution in [0.25, 0.3) is 0 Å². The van der Waals surface area contributed by atoms with Gasteiger partial charge in [-0.2, -0.15) is 0 Å². The molecule has 0 fully saturated rings. The average molecular weight is 308 g/mol. The molecule has 0 radical (unpaired) electrons. The van der Waals surface area contributed by atoms with Crippen molar-refractivity contribution >= 4 is 17.6 Å². The van der Waals surface area contributed by atoms with E-state index in [1.54, 1.807) is 7.05 Å². The van der Waals surface area contributed by atoms with E-state index in [-0.39, 0.29) is 6.10 Å². The molecule has 0 saturated carbocycles. The number of rotatable bonds is 5. The molecule has 1 atom stereocenters. The number of hydrogen-bond acceptors (Lipinski definition) is 2. The maximum Gasteiger partial charge on any atom is 0.191 e. The lowest BCUT2D eigenvalue weighted by Crippen LogP contribution is -2.45. The summed E-state index contributed by atoms with van der Waals surface area (Å²) in [6.07, 6.45) is 6.52. The monoisotopic (exact) mass is 307 g/mol. The third-order valence-corrected chi connectivity index (χ3v) is 3.53. The molecule has 1 aromatic rings. The maximum atomic E-state index is 5.85. The Morgan fingerprint density at radius 2 is 2.00 bits per heavy atom. The van der Waals surface area contributed by atoms with Crippen LogP contribution in [0.1, 0.15) is 19.8 Å². The lowest BCUT2D eigenvalue weighted by Gasteiger charge is -2.20. The highest BCUT2D eigenvalue weighted by atomic mass is 35.5. The normalized spacial score (nSPS) is 16.8. The average Bonchev–Trinajstić information content (AvgIpc) is 2.99. The van der Waals surface area contributed by atoms with E-state index in [4.69, 9.17) is 16.3 Å². The van der Waals surface area contributed by atoms with Gasteiger partial charge in [0.1, 0.15) is 11.9 Å². The van der Waals surface area contributed by atoms with Gasteiger partial charge >= 0.3 is 0 Å². The minimum Gasteiger partial charge on any atom is -0.489 e. The Morgan fingerprint density at radius 3 is 2.62 bits per heavy atom. The van der Waals surface area contributed by atoms with Crippen LogP contribution in [0.3, 0.4) is 0 Å². The lowest BCUT2D eigenvalue weighted by molar-refractivity contribution is 0.223. The first-order chi connectivity index (χ1) is 10.2. The molecule has 0 amide bonds. The molecule has 21 heavy (non-hydrogen) atoms. The van der Waals surface area contributed by atoms with Gasteiger partial charge in [-0.1, -0.05) is 23.8 Å². The molecule has 1 unspecified atom stereocenters. The highest BCUT2D eigenvalue weighted by molar-refractivity contribution is 6.30. The second-order valence-corrected chi connectivity index (χ2v) is 5.56. The quantitative estimate of drug-likeness (QED) is 0.499. The van der Waals surface area contributed by atoms with Crippen LogP contribution in [0.4, 0.5) is 0 Å². The Bertz CT molecular complexity index is 491. The Hall–Kier alpha value is -1.68. The Morgan fingerprint density at radius 1 is 1.33 bits per heavy atom. The van der Waals surface area contributed by atoms with Crippen LogP contribution in [0, 0.1) is 0 Å². The molecule has 4 nitrogen and oxygen atoms in total. The summed E-state index contributed by atoms with van der Waals surface area (Å²) in [7, 11) is 1.78. The molecule has 1 aliphatic carbocycles. The molecule has 0 bridgehead atoms. The van der Waals surface area contributed by atoms with E-state index in [1.807, 2.05) is 31.2 Å². The van der Waals surface area contributed by atoms with Crippen molar-refractivity contribution < 1.29 is 4.74 Å². The fraction of sp³-hybridized carbons (Fsp3) is 0.438. The molecule has 0 aliphatic heterocycles. The van der Waals surface area contributed by atoms with Crippen molar-refractivity contribution in [3.8, 4) is 5.75 Å². The van der Waals surface area contributed by atoms with Gasteiger partial charge in [0.15, 0.2) is 5.96 Å². The fourth-order valence-electron chi connectivity index (χ4n) is 2.15. The predicted molar refractivity (Wildman–Crippen MR) is 88.2 cm³/mol. The van der Waals surface area contributed by atoms with E-state index >= 15 is 0 Å². The van der Waals surface area contributed by atoms with Gasteiger partial charge in [-0.3, -0.25) is 4.99 Å².